The molecule has 0 amide bonds. The minimum atomic E-state index is -0.509. The van der Waals surface area contributed by atoms with E-state index in [1.807, 2.05) is 6.07 Å². The third-order valence-electron chi connectivity index (χ3n) is 4.92. The highest BCUT2D eigenvalue weighted by Crippen LogP contribution is 2.20. The van der Waals surface area contributed by atoms with E-state index in [1.54, 1.807) is 6.29 Å². The van der Waals surface area contributed by atoms with Crippen LogP contribution in [0, 0.1) is 23.7 Å². The van der Waals surface area contributed by atoms with E-state index < -0.39 is 5.92 Å². The monoisotopic (exact) mass is 333 g/mol. The summed E-state index contributed by atoms with van der Waals surface area (Å²) in [5.41, 5.74) is 0. The Morgan fingerprint density at radius 1 is 0.917 bits per heavy atom. The van der Waals surface area contributed by atoms with Gasteiger partial charge >= 0.3 is 0 Å². The third kappa shape index (κ3) is 11.6. The van der Waals surface area contributed by atoms with E-state index in [-0.39, 0.29) is 0 Å². The standard InChI is InChI=1S/C21H35NO2/c22-18-20(19-23)14-10-7-5-3-1-2-4-6-8-13-17-24-21-15-11-9-12-16-21/h9,20-21H,1-8,10-17H2. The quantitative estimate of drug-likeness (QED) is 0.362. The van der Waals surface area contributed by atoms with Gasteiger partial charge in [-0.2, -0.15) is 5.26 Å². The Morgan fingerprint density at radius 3 is 2.00 bits per heavy atom. The van der Waals surface area contributed by atoms with Crippen molar-refractivity contribution in [3.63, 3.8) is 0 Å². The lowest BCUT2D eigenvalue weighted by Crippen LogP contribution is -2.17. The molecule has 136 valence electrons. The molecule has 0 saturated heterocycles. The van der Waals surface area contributed by atoms with Gasteiger partial charge in [0.2, 0.25) is 6.29 Å². The molecule has 1 fully saturated rings. The van der Waals surface area contributed by atoms with E-state index in [2.05, 4.69) is 6.42 Å². The zero-order valence-corrected chi connectivity index (χ0v) is 15.3. The molecule has 1 aliphatic carbocycles. The molecular weight excluding hydrogens is 298 g/mol. The zero-order valence-electron chi connectivity index (χ0n) is 15.3. The molecule has 1 unspecified atom stereocenters. The number of carbonyl (C=O) groups excluding carboxylic acids is 1. The predicted molar refractivity (Wildman–Crippen MR) is 98.1 cm³/mol. The van der Waals surface area contributed by atoms with Crippen molar-refractivity contribution in [1.82, 2.24) is 0 Å². The highest BCUT2D eigenvalue weighted by Gasteiger charge is 2.13. The van der Waals surface area contributed by atoms with E-state index in [1.165, 1.54) is 77.0 Å². The molecule has 1 saturated carbocycles. The van der Waals surface area contributed by atoms with E-state index >= 15 is 0 Å². The second-order valence-corrected chi connectivity index (χ2v) is 7.06. The van der Waals surface area contributed by atoms with Gasteiger partial charge in [-0.1, -0.05) is 57.8 Å². The molecule has 0 aromatic heterocycles. The first-order chi connectivity index (χ1) is 11.9. The fourth-order valence-electron chi connectivity index (χ4n) is 3.33. The number of nitrogens with zero attached hydrogens (tertiary/aromatic N) is 1. The van der Waals surface area contributed by atoms with Crippen LogP contribution in [0.1, 0.15) is 96.3 Å². The summed E-state index contributed by atoms with van der Waals surface area (Å²) in [6, 6.07) is 1.98. The molecule has 0 spiro atoms. The van der Waals surface area contributed by atoms with E-state index in [4.69, 9.17) is 10.00 Å². The first-order valence-corrected chi connectivity index (χ1v) is 10.1. The average Bonchev–Trinajstić information content (AvgIpc) is 2.63. The minimum Gasteiger partial charge on any atom is -0.378 e. The van der Waals surface area contributed by atoms with Gasteiger partial charge in [-0.05, 0) is 44.9 Å². The Labute approximate surface area is 149 Å². The van der Waals surface area contributed by atoms with E-state index in [0.717, 1.165) is 19.4 Å². The van der Waals surface area contributed by atoms with Crippen molar-refractivity contribution in [1.29, 1.82) is 5.26 Å². The fourth-order valence-corrected chi connectivity index (χ4v) is 3.33. The Morgan fingerprint density at radius 2 is 1.46 bits per heavy atom. The molecular formula is C21H35NO2. The van der Waals surface area contributed by atoms with Gasteiger partial charge in [-0.15, -0.1) is 0 Å². The van der Waals surface area contributed by atoms with Crippen LogP contribution in [0.3, 0.4) is 0 Å². The first kappa shape index (κ1) is 21.2. The van der Waals surface area contributed by atoms with Gasteiger partial charge < -0.3 is 4.74 Å². The van der Waals surface area contributed by atoms with Crippen molar-refractivity contribution >= 4 is 6.29 Å². The smallest absolute Gasteiger partial charge is 0.216 e. The third-order valence-corrected chi connectivity index (χ3v) is 4.92. The number of hydrogen-bond donors (Lipinski definition) is 0. The van der Waals surface area contributed by atoms with Gasteiger partial charge in [0.1, 0.15) is 5.92 Å². The van der Waals surface area contributed by atoms with Crippen LogP contribution in [-0.2, 0) is 9.53 Å². The van der Waals surface area contributed by atoms with Gasteiger partial charge in [-0.25, -0.2) is 0 Å². The van der Waals surface area contributed by atoms with Crippen molar-refractivity contribution in [2.45, 2.75) is 102 Å². The van der Waals surface area contributed by atoms with Gasteiger partial charge in [0.25, 0.3) is 0 Å². The minimum absolute atomic E-state index is 0.509. The lowest BCUT2D eigenvalue weighted by atomic mass is 9.98. The van der Waals surface area contributed by atoms with Crippen LogP contribution >= 0.6 is 0 Å². The Kier molecular flexibility index (Phi) is 13.8. The highest BCUT2D eigenvalue weighted by molar-refractivity contribution is 5.58. The molecule has 1 rings (SSSR count). The predicted octanol–water partition coefficient (Wildman–Crippen LogP) is 5.69. The summed E-state index contributed by atoms with van der Waals surface area (Å²) in [5.74, 6) is -0.509. The molecule has 3 nitrogen and oxygen atoms in total. The molecule has 0 heterocycles. The van der Waals surface area contributed by atoms with Gasteiger partial charge in [0.15, 0.2) is 0 Å². The van der Waals surface area contributed by atoms with Gasteiger partial charge in [0.05, 0.1) is 12.2 Å². The van der Waals surface area contributed by atoms with E-state index in [9.17, 15) is 4.79 Å². The lowest BCUT2D eigenvalue weighted by Gasteiger charge is -2.21. The lowest BCUT2D eigenvalue weighted by molar-refractivity contribution is 0.0326. The van der Waals surface area contributed by atoms with Crippen LogP contribution in [0.25, 0.3) is 0 Å². The zero-order chi connectivity index (χ0) is 17.3. The average molecular weight is 334 g/mol. The summed E-state index contributed by atoms with van der Waals surface area (Å²) in [4.78, 5) is 10.4. The van der Waals surface area contributed by atoms with Crippen molar-refractivity contribution in [2.24, 2.45) is 5.92 Å². The number of rotatable bonds is 15. The van der Waals surface area contributed by atoms with Crippen LogP contribution in [-0.4, -0.2) is 19.0 Å². The van der Waals surface area contributed by atoms with Crippen LogP contribution < -0.4 is 0 Å². The van der Waals surface area contributed by atoms with Crippen LogP contribution in [0.4, 0.5) is 0 Å². The molecule has 0 N–H and O–H groups in total. The first-order valence-electron chi connectivity index (χ1n) is 10.1. The molecule has 1 atom stereocenters. The number of ether oxygens (including phenoxy) is 1. The second-order valence-electron chi connectivity index (χ2n) is 7.06. The van der Waals surface area contributed by atoms with Crippen LogP contribution in [0.15, 0.2) is 0 Å². The van der Waals surface area contributed by atoms with Crippen LogP contribution in [0.5, 0.6) is 0 Å². The summed E-state index contributed by atoms with van der Waals surface area (Å²) in [5, 5.41) is 8.65. The summed E-state index contributed by atoms with van der Waals surface area (Å²) in [6.07, 6.45) is 22.8. The molecule has 3 heteroatoms. The molecule has 0 bridgehead atoms. The second kappa shape index (κ2) is 15.6. The van der Waals surface area contributed by atoms with Gasteiger partial charge in [-0.3, -0.25) is 4.79 Å². The molecule has 0 aromatic carbocycles. The normalized spacial score (nSPS) is 16.6. The summed E-state index contributed by atoms with van der Waals surface area (Å²) < 4.78 is 5.93. The molecule has 0 aliphatic heterocycles. The number of unbranched alkanes of at least 4 members (excludes halogenated alkanes) is 9. The van der Waals surface area contributed by atoms with Crippen molar-refractivity contribution < 1.29 is 9.53 Å². The molecule has 24 heavy (non-hydrogen) atoms. The Hall–Kier alpha value is -0.880. The fraction of sp³-hybridized carbons (Fsp3) is 0.857. The van der Waals surface area contributed by atoms with E-state index in [0.29, 0.717) is 12.5 Å². The van der Waals surface area contributed by atoms with Crippen molar-refractivity contribution in [2.75, 3.05) is 6.61 Å². The maximum Gasteiger partial charge on any atom is 0.216 e. The molecule has 2 radical (unpaired) electrons. The van der Waals surface area contributed by atoms with Crippen molar-refractivity contribution in [3.05, 3.63) is 6.42 Å². The SMILES string of the molecule is N#CC([C]=O)CCCCCCCCCCCCOC1CC[CH]CC1. The maximum atomic E-state index is 10.4. The Bertz CT molecular complexity index is 331. The van der Waals surface area contributed by atoms with Crippen LogP contribution in [0.2, 0.25) is 0 Å². The Balaban J connectivity index is 1.73. The summed E-state index contributed by atoms with van der Waals surface area (Å²) in [7, 11) is 0. The van der Waals surface area contributed by atoms with Crippen molar-refractivity contribution in [3.8, 4) is 6.07 Å². The molecule has 1 aliphatic rings. The highest BCUT2D eigenvalue weighted by atomic mass is 16.5. The largest absolute Gasteiger partial charge is 0.378 e. The number of nitriles is 1. The maximum absolute atomic E-state index is 10.4. The van der Waals surface area contributed by atoms with Gasteiger partial charge in [0, 0.05) is 6.61 Å². The topological polar surface area (TPSA) is 50.1 Å². The number of hydrogen-bond acceptors (Lipinski definition) is 3. The summed E-state index contributed by atoms with van der Waals surface area (Å²) >= 11 is 0. The molecule has 0 aromatic rings. The summed E-state index contributed by atoms with van der Waals surface area (Å²) in [6.45, 7) is 0.951.